The lowest BCUT2D eigenvalue weighted by Gasteiger charge is -2.41. The molecule has 6 rings (SSSR count). The standard InChI is InChI=1S/C27H28N4O4/c32-24-7-6-23(25(33)29-24)31-26(34)21-5-4-20(10-22(21)27(31)35)19-3-1-2-16(9-19)13-30-14-17-8-18(15-30)12-28-11-17/h1-5,9-10,17-18,23,28H,6-8,11-15H2,(H,29,32,33). The molecule has 3 atom stereocenters. The Morgan fingerprint density at radius 1 is 0.857 bits per heavy atom. The van der Waals surface area contributed by atoms with Crippen molar-refractivity contribution in [3.8, 4) is 11.1 Å². The fraction of sp³-hybridized carbons (Fsp3) is 0.407. The molecular formula is C27H28N4O4. The van der Waals surface area contributed by atoms with Crippen LogP contribution in [-0.2, 0) is 16.1 Å². The second-order valence-corrected chi connectivity index (χ2v) is 10.2. The van der Waals surface area contributed by atoms with Crippen molar-refractivity contribution in [3.63, 3.8) is 0 Å². The van der Waals surface area contributed by atoms with Crippen LogP contribution in [0.25, 0.3) is 11.1 Å². The number of likely N-dealkylation sites (tertiary alicyclic amines) is 1. The van der Waals surface area contributed by atoms with Gasteiger partial charge in [0.2, 0.25) is 11.8 Å². The average Bonchev–Trinajstić information content (AvgIpc) is 3.09. The first-order valence-corrected chi connectivity index (χ1v) is 12.3. The molecule has 3 saturated heterocycles. The van der Waals surface area contributed by atoms with Crippen LogP contribution in [0.4, 0.5) is 0 Å². The number of carbonyl (C=O) groups excluding carboxylic acids is 4. The van der Waals surface area contributed by atoms with Gasteiger partial charge in [0, 0.05) is 26.1 Å². The summed E-state index contributed by atoms with van der Waals surface area (Å²) in [4.78, 5) is 53.5. The smallest absolute Gasteiger partial charge is 0.262 e. The summed E-state index contributed by atoms with van der Waals surface area (Å²) in [7, 11) is 0. The monoisotopic (exact) mass is 472 g/mol. The number of hydrogen-bond acceptors (Lipinski definition) is 6. The number of benzene rings is 2. The first-order chi connectivity index (χ1) is 17.0. The largest absolute Gasteiger partial charge is 0.316 e. The molecular weight excluding hydrogens is 444 g/mol. The molecule has 0 spiro atoms. The summed E-state index contributed by atoms with van der Waals surface area (Å²) in [5.74, 6) is -0.497. The van der Waals surface area contributed by atoms with E-state index in [2.05, 4.69) is 27.7 Å². The Kier molecular flexibility index (Phi) is 5.50. The lowest BCUT2D eigenvalue weighted by atomic mass is 9.85. The molecule has 0 aromatic heterocycles. The zero-order valence-electron chi connectivity index (χ0n) is 19.5. The van der Waals surface area contributed by atoms with Crippen molar-refractivity contribution in [2.75, 3.05) is 26.2 Å². The molecule has 3 fully saturated rings. The lowest BCUT2D eigenvalue weighted by Crippen LogP contribution is -2.54. The van der Waals surface area contributed by atoms with Crippen LogP contribution >= 0.6 is 0 Å². The van der Waals surface area contributed by atoms with Crippen LogP contribution in [0.1, 0.15) is 45.5 Å². The highest BCUT2D eigenvalue weighted by molar-refractivity contribution is 6.23. The van der Waals surface area contributed by atoms with Gasteiger partial charge in [-0.05, 0) is 72.7 Å². The topological polar surface area (TPSA) is 98.8 Å². The van der Waals surface area contributed by atoms with E-state index in [1.807, 2.05) is 18.2 Å². The average molecular weight is 473 g/mol. The first kappa shape index (κ1) is 22.1. The van der Waals surface area contributed by atoms with Crippen molar-refractivity contribution < 1.29 is 19.2 Å². The van der Waals surface area contributed by atoms with E-state index in [-0.39, 0.29) is 18.7 Å². The van der Waals surface area contributed by atoms with Crippen molar-refractivity contribution in [1.29, 1.82) is 0 Å². The fourth-order valence-corrected chi connectivity index (χ4v) is 6.10. The van der Waals surface area contributed by atoms with E-state index in [0.29, 0.717) is 11.1 Å². The van der Waals surface area contributed by atoms with Gasteiger partial charge in [-0.25, -0.2) is 0 Å². The van der Waals surface area contributed by atoms with Crippen molar-refractivity contribution >= 4 is 23.6 Å². The van der Waals surface area contributed by atoms with Crippen molar-refractivity contribution in [3.05, 3.63) is 59.2 Å². The third-order valence-corrected chi connectivity index (χ3v) is 7.67. The van der Waals surface area contributed by atoms with Crippen molar-refractivity contribution in [1.82, 2.24) is 20.4 Å². The Hall–Kier alpha value is -3.36. The number of hydrogen-bond donors (Lipinski definition) is 2. The zero-order valence-corrected chi connectivity index (χ0v) is 19.5. The van der Waals surface area contributed by atoms with Crippen LogP contribution < -0.4 is 10.6 Å². The Labute approximate surface area is 203 Å². The lowest BCUT2D eigenvalue weighted by molar-refractivity contribution is -0.136. The maximum Gasteiger partial charge on any atom is 0.262 e. The number of fused-ring (bicyclic) bond motifs is 3. The van der Waals surface area contributed by atoms with Crippen molar-refractivity contribution in [2.24, 2.45) is 11.8 Å². The van der Waals surface area contributed by atoms with Gasteiger partial charge in [0.1, 0.15) is 6.04 Å². The van der Waals surface area contributed by atoms with E-state index in [1.165, 1.54) is 12.0 Å². The SMILES string of the molecule is O=C1CCC(N2C(=O)c3ccc(-c4cccc(CN5CC6CNCC(C6)C5)c4)cc3C2=O)C(=O)N1. The minimum absolute atomic E-state index is 0.108. The normalized spacial score (nSPS) is 26.6. The number of imide groups is 2. The molecule has 3 unspecified atom stereocenters. The highest BCUT2D eigenvalue weighted by Crippen LogP contribution is 2.32. The summed E-state index contributed by atoms with van der Waals surface area (Å²) < 4.78 is 0. The molecule has 0 radical (unpaired) electrons. The maximum absolute atomic E-state index is 13.2. The third-order valence-electron chi connectivity index (χ3n) is 7.67. The highest BCUT2D eigenvalue weighted by Gasteiger charge is 2.44. The molecule has 35 heavy (non-hydrogen) atoms. The molecule has 0 aliphatic carbocycles. The van der Waals surface area contributed by atoms with Gasteiger partial charge in [-0.3, -0.25) is 34.3 Å². The van der Waals surface area contributed by atoms with Crippen LogP contribution in [0.3, 0.4) is 0 Å². The molecule has 8 nitrogen and oxygen atoms in total. The van der Waals surface area contributed by atoms with Crippen LogP contribution in [0.5, 0.6) is 0 Å². The summed E-state index contributed by atoms with van der Waals surface area (Å²) in [6, 6.07) is 12.7. The van der Waals surface area contributed by atoms with Crippen LogP contribution in [0, 0.1) is 11.8 Å². The second-order valence-electron chi connectivity index (χ2n) is 10.2. The Bertz CT molecular complexity index is 1230. The number of nitrogens with one attached hydrogen (secondary N) is 2. The number of piperidine rings is 3. The Balaban J connectivity index is 1.22. The van der Waals surface area contributed by atoms with Gasteiger partial charge in [0.05, 0.1) is 11.1 Å². The number of carbonyl (C=O) groups is 4. The minimum Gasteiger partial charge on any atom is -0.316 e. The molecule has 4 amide bonds. The molecule has 4 aliphatic heterocycles. The molecule has 2 bridgehead atoms. The van der Waals surface area contributed by atoms with E-state index in [9.17, 15) is 19.2 Å². The van der Waals surface area contributed by atoms with E-state index in [4.69, 9.17) is 0 Å². The Morgan fingerprint density at radius 2 is 1.60 bits per heavy atom. The molecule has 4 aliphatic rings. The molecule has 0 saturated carbocycles. The van der Waals surface area contributed by atoms with Gasteiger partial charge in [-0.1, -0.05) is 24.3 Å². The van der Waals surface area contributed by atoms with Gasteiger partial charge in [-0.2, -0.15) is 0 Å². The summed E-state index contributed by atoms with van der Waals surface area (Å²) in [6.45, 7) is 5.32. The molecule has 4 heterocycles. The van der Waals surface area contributed by atoms with Gasteiger partial charge >= 0.3 is 0 Å². The Morgan fingerprint density at radius 3 is 2.37 bits per heavy atom. The predicted molar refractivity (Wildman–Crippen MR) is 128 cm³/mol. The first-order valence-electron chi connectivity index (χ1n) is 12.3. The molecule has 2 aromatic rings. The maximum atomic E-state index is 13.2. The summed E-state index contributed by atoms with van der Waals surface area (Å²) in [5.41, 5.74) is 3.68. The molecule has 8 heteroatoms. The van der Waals surface area contributed by atoms with Gasteiger partial charge in [0.25, 0.3) is 11.8 Å². The van der Waals surface area contributed by atoms with Crippen molar-refractivity contribution in [2.45, 2.75) is 31.8 Å². The second kappa shape index (κ2) is 8.70. The molecule has 180 valence electrons. The van der Waals surface area contributed by atoms with Gasteiger partial charge < -0.3 is 5.32 Å². The molecule has 2 N–H and O–H groups in total. The van der Waals surface area contributed by atoms with E-state index in [0.717, 1.165) is 60.6 Å². The van der Waals surface area contributed by atoms with Crippen LogP contribution in [0.15, 0.2) is 42.5 Å². The van der Waals surface area contributed by atoms with Gasteiger partial charge in [-0.15, -0.1) is 0 Å². The highest BCUT2D eigenvalue weighted by atomic mass is 16.2. The van der Waals surface area contributed by atoms with E-state index in [1.54, 1.807) is 12.1 Å². The fourth-order valence-electron chi connectivity index (χ4n) is 6.10. The number of amides is 4. The third kappa shape index (κ3) is 4.06. The minimum atomic E-state index is -0.953. The van der Waals surface area contributed by atoms with E-state index < -0.39 is 23.8 Å². The number of rotatable bonds is 4. The zero-order chi connectivity index (χ0) is 24.1. The summed E-state index contributed by atoms with van der Waals surface area (Å²) >= 11 is 0. The van der Waals surface area contributed by atoms with E-state index >= 15 is 0 Å². The number of nitrogens with zero attached hydrogens (tertiary/aromatic N) is 2. The quantitative estimate of drug-likeness (QED) is 0.659. The van der Waals surface area contributed by atoms with Gasteiger partial charge in [0.15, 0.2) is 0 Å². The van der Waals surface area contributed by atoms with Crippen LogP contribution in [-0.4, -0.2) is 65.6 Å². The summed E-state index contributed by atoms with van der Waals surface area (Å²) in [5, 5.41) is 5.77. The van der Waals surface area contributed by atoms with Crippen LogP contribution in [0.2, 0.25) is 0 Å². The summed E-state index contributed by atoms with van der Waals surface area (Å²) in [6.07, 6.45) is 1.58. The molecule has 2 aromatic carbocycles. The predicted octanol–water partition coefficient (Wildman–Crippen LogP) is 1.80.